The molecule has 0 N–H and O–H groups in total. The van der Waals surface area contributed by atoms with Crippen LogP contribution in [0.25, 0.3) is 0 Å². The number of ether oxygens (including phenoxy) is 3. The van der Waals surface area contributed by atoms with E-state index in [0.717, 1.165) is 78.5 Å². The molecule has 3 aliphatic rings. The predicted molar refractivity (Wildman–Crippen MR) is 94.4 cm³/mol. The number of hydrogen-bond acceptors (Lipinski definition) is 6. The van der Waals surface area contributed by atoms with Crippen LogP contribution in [0, 0.1) is 0 Å². The van der Waals surface area contributed by atoms with E-state index >= 15 is 0 Å². The molecule has 6 heteroatoms. The van der Waals surface area contributed by atoms with E-state index in [4.69, 9.17) is 14.2 Å². The molecule has 0 aliphatic carbocycles. The molecule has 1 aromatic rings. The smallest absolute Gasteiger partial charge is 0.105 e. The van der Waals surface area contributed by atoms with Gasteiger partial charge in [0.05, 0.1) is 32.5 Å². The van der Waals surface area contributed by atoms with Crippen LogP contribution in [-0.2, 0) is 20.8 Å². The van der Waals surface area contributed by atoms with Crippen LogP contribution in [0.15, 0.2) is 24.5 Å². The highest BCUT2D eigenvalue weighted by atomic mass is 16.6. The van der Waals surface area contributed by atoms with Gasteiger partial charge in [-0.15, -0.1) is 0 Å². The molecule has 25 heavy (non-hydrogen) atoms. The van der Waals surface area contributed by atoms with Crippen molar-refractivity contribution >= 4 is 0 Å². The van der Waals surface area contributed by atoms with Crippen LogP contribution in [0.1, 0.15) is 18.4 Å². The number of nitrogens with zero attached hydrogens (tertiary/aromatic N) is 3. The summed E-state index contributed by atoms with van der Waals surface area (Å²) in [6.45, 7) is 9.12. The average Bonchev–Trinajstić information content (AvgIpc) is 2.91. The largest absolute Gasteiger partial charge is 0.379 e. The lowest BCUT2D eigenvalue weighted by molar-refractivity contribution is -0.0967. The molecule has 3 saturated heterocycles. The van der Waals surface area contributed by atoms with Gasteiger partial charge in [-0.05, 0) is 30.5 Å². The molecular weight excluding hydrogens is 318 g/mol. The van der Waals surface area contributed by atoms with E-state index in [2.05, 4.69) is 26.9 Å². The molecule has 138 valence electrons. The number of aromatic nitrogens is 1. The Hall–Kier alpha value is -1.05. The summed E-state index contributed by atoms with van der Waals surface area (Å²) in [6, 6.07) is 4.18. The third-order valence-corrected chi connectivity index (χ3v) is 5.49. The predicted octanol–water partition coefficient (Wildman–Crippen LogP) is 1.16. The first-order valence-corrected chi connectivity index (χ1v) is 9.48. The van der Waals surface area contributed by atoms with E-state index in [1.165, 1.54) is 5.56 Å². The van der Waals surface area contributed by atoms with Gasteiger partial charge in [-0.2, -0.15) is 0 Å². The highest BCUT2D eigenvalue weighted by Gasteiger charge is 2.43. The molecule has 0 saturated carbocycles. The number of morpholine rings is 1. The second-order valence-corrected chi connectivity index (χ2v) is 7.49. The van der Waals surface area contributed by atoms with Crippen LogP contribution < -0.4 is 0 Å². The molecular formula is C19H29N3O3. The van der Waals surface area contributed by atoms with Crippen LogP contribution in [0.5, 0.6) is 0 Å². The summed E-state index contributed by atoms with van der Waals surface area (Å²) >= 11 is 0. The van der Waals surface area contributed by atoms with Crippen LogP contribution in [-0.4, -0.2) is 85.6 Å². The van der Waals surface area contributed by atoms with E-state index in [-0.39, 0.29) is 5.60 Å². The maximum atomic E-state index is 6.58. The standard InChI is InChI=1S/C19H29N3O3/c1-4-19(25-18(1)14-21-7-10-23-11-8-21)15-22(9-12-24-16-19)13-17-2-5-20-6-3-17/h2-3,5-6,18H,1,4,7-16H2/t18-,19+/m1/s1. The summed E-state index contributed by atoms with van der Waals surface area (Å²) in [5.41, 5.74) is 1.16. The zero-order chi connectivity index (χ0) is 17.0. The zero-order valence-corrected chi connectivity index (χ0v) is 14.9. The lowest BCUT2D eigenvalue weighted by Gasteiger charge is -2.33. The summed E-state index contributed by atoms with van der Waals surface area (Å²) < 4.78 is 18.0. The lowest BCUT2D eigenvalue weighted by Crippen LogP contribution is -2.46. The highest BCUT2D eigenvalue weighted by molar-refractivity contribution is 5.10. The maximum Gasteiger partial charge on any atom is 0.105 e. The Labute approximate surface area is 150 Å². The highest BCUT2D eigenvalue weighted by Crippen LogP contribution is 2.33. The summed E-state index contributed by atoms with van der Waals surface area (Å²) in [6.07, 6.45) is 6.27. The van der Waals surface area contributed by atoms with Gasteiger partial charge in [-0.25, -0.2) is 0 Å². The minimum atomic E-state index is -0.138. The third kappa shape index (κ3) is 4.57. The molecule has 0 bridgehead atoms. The van der Waals surface area contributed by atoms with Crippen LogP contribution in [0.3, 0.4) is 0 Å². The van der Waals surface area contributed by atoms with Crippen molar-refractivity contribution in [2.45, 2.75) is 31.1 Å². The van der Waals surface area contributed by atoms with Crippen molar-refractivity contribution < 1.29 is 14.2 Å². The first-order chi connectivity index (χ1) is 12.3. The maximum absolute atomic E-state index is 6.58. The van der Waals surface area contributed by atoms with Crippen molar-refractivity contribution in [2.24, 2.45) is 0 Å². The van der Waals surface area contributed by atoms with E-state index < -0.39 is 0 Å². The summed E-state index contributed by atoms with van der Waals surface area (Å²) in [5, 5.41) is 0. The minimum absolute atomic E-state index is 0.138. The summed E-state index contributed by atoms with van der Waals surface area (Å²) in [7, 11) is 0. The quantitative estimate of drug-likeness (QED) is 0.815. The van der Waals surface area contributed by atoms with Gasteiger partial charge >= 0.3 is 0 Å². The summed E-state index contributed by atoms with van der Waals surface area (Å²) in [5.74, 6) is 0. The Bertz CT molecular complexity index is 538. The first kappa shape index (κ1) is 17.4. The Balaban J connectivity index is 1.35. The monoisotopic (exact) mass is 347 g/mol. The second kappa shape index (κ2) is 8.10. The Morgan fingerprint density at radius 1 is 1.04 bits per heavy atom. The topological polar surface area (TPSA) is 47.1 Å². The molecule has 0 aromatic carbocycles. The molecule has 1 aromatic heterocycles. The fourth-order valence-electron chi connectivity index (χ4n) is 4.18. The van der Waals surface area contributed by atoms with Gasteiger partial charge in [0.2, 0.25) is 0 Å². The van der Waals surface area contributed by atoms with Gasteiger partial charge in [-0.1, -0.05) is 0 Å². The second-order valence-electron chi connectivity index (χ2n) is 7.49. The Morgan fingerprint density at radius 3 is 2.64 bits per heavy atom. The van der Waals surface area contributed by atoms with Crippen molar-refractivity contribution in [1.82, 2.24) is 14.8 Å². The molecule has 6 nitrogen and oxygen atoms in total. The molecule has 0 amide bonds. The van der Waals surface area contributed by atoms with E-state index in [1.807, 2.05) is 12.4 Å². The van der Waals surface area contributed by atoms with Crippen molar-refractivity contribution in [3.05, 3.63) is 30.1 Å². The van der Waals surface area contributed by atoms with Gasteiger partial charge in [0, 0.05) is 51.7 Å². The zero-order valence-electron chi connectivity index (χ0n) is 14.9. The van der Waals surface area contributed by atoms with Crippen LogP contribution in [0.2, 0.25) is 0 Å². The number of pyridine rings is 1. The van der Waals surface area contributed by atoms with Gasteiger partial charge in [0.15, 0.2) is 0 Å². The van der Waals surface area contributed by atoms with Crippen LogP contribution in [0.4, 0.5) is 0 Å². The fraction of sp³-hybridized carbons (Fsp3) is 0.737. The third-order valence-electron chi connectivity index (χ3n) is 5.49. The van der Waals surface area contributed by atoms with Crippen molar-refractivity contribution in [3.63, 3.8) is 0 Å². The van der Waals surface area contributed by atoms with Gasteiger partial charge in [-0.3, -0.25) is 14.8 Å². The van der Waals surface area contributed by atoms with E-state index in [9.17, 15) is 0 Å². The first-order valence-electron chi connectivity index (χ1n) is 9.48. The van der Waals surface area contributed by atoms with Gasteiger partial charge in [0.1, 0.15) is 5.60 Å². The number of rotatable bonds is 4. The van der Waals surface area contributed by atoms with Crippen molar-refractivity contribution in [1.29, 1.82) is 0 Å². The molecule has 2 atom stereocenters. The van der Waals surface area contributed by atoms with Gasteiger partial charge in [0.25, 0.3) is 0 Å². The molecule has 3 aliphatic heterocycles. The minimum Gasteiger partial charge on any atom is -0.379 e. The van der Waals surface area contributed by atoms with Crippen molar-refractivity contribution in [2.75, 3.05) is 59.2 Å². The summed E-state index contributed by atoms with van der Waals surface area (Å²) in [4.78, 5) is 9.06. The van der Waals surface area contributed by atoms with E-state index in [1.54, 1.807) is 0 Å². The average molecular weight is 347 g/mol. The Morgan fingerprint density at radius 2 is 1.80 bits per heavy atom. The lowest BCUT2D eigenvalue weighted by atomic mass is 10.00. The van der Waals surface area contributed by atoms with Gasteiger partial charge < -0.3 is 14.2 Å². The normalized spacial score (nSPS) is 32.1. The van der Waals surface area contributed by atoms with E-state index in [0.29, 0.717) is 6.10 Å². The SMILES string of the molecule is c1cc(CN2CCOC[C@]3(CC[C@H](CN4CCOCC4)O3)C2)ccn1. The Kier molecular flexibility index (Phi) is 5.63. The molecule has 1 spiro atoms. The molecule has 0 radical (unpaired) electrons. The number of hydrogen-bond donors (Lipinski definition) is 0. The van der Waals surface area contributed by atoms with Crippen molar-refractivity contribution in [3.8, 4) is 0 Å². The molecule has 4 rings (SSSR count). The fourth-order valence-corrected chi connectivity index (χ4v) is 4.18. The molecule has 0 unspecified atom stereocenters. The molecule has 3 fully saturated rings. The van der Waals surface area contributed by atoms with Crippen LogP contribution >= 0.6 is 0 Å². The molecule has 4 heterocycles.